The molecule has 0 aromatic heterocycles. The van der Waals surface area contributed by atoms with E-state index in [1.54, 1.807) is 42.5 Å². The van der Waals surface area contributed by atoms with Gasteiger partial charge in [0, 0.05) is 17.6 Å². The summed E-state index contributed by atoms with van der Waals surface area (Å²) in [7, 11) is 0. The fourth-order valence-electron chi connectivity index (χ4n) is 2.41. The zero-order valence-corrected chi connectivity index (χ0v) is 17.0. The summed E-state index contributed by atoms with van der Waals surface area (Å²) in [5, 5.41) is 10.3. The van der Waals surface area contributed by atoms with Gasteiger partial charge < -0.3 is 19.5 Å². The molecule has 7 heteroatoms. The highest BCUT2D eigenvalue weighted by Crippen LogP contribution is 2.32. The van der Waals surface area contributed by atoms with Gasteiger partial charge in [-0.2, -0.15) is 0 Å². The Morgan fingerprint density at radius 3 is 2.41 bits per heavy atom. The second kappa shape index (κ2) is 9.20. The van der Waals surface area contributed by atoms with Crippen LogP contribution in [0.3, 0.4) is 0 Å². The van der Waals surface area contributed by atoms with Gasteiger partial charge in [0.05, 0.1) is 11.6 Å². The van der Waals surface area contributed by atoms with Crippen LogP contribution in [0.15, 0.2) is 42.5 Å². The molecular formula is C20H23Cl2NO4. The number of carboxylic acid groups (broad SMARTS) is 1. The van der Waals surface area contributed by atoms with Gasteiger partial charge in [-0.1, -0.05) is 50.0 Å². The Hall–Kier alpha value is -2.11. The Kier molecular flexibility index (Phi) is 7.22. The van der Waals surface area contributed by atoms with Gasteiger partial charge in [-0.3, -0.25) is 0 Å². The lowest BCUT2D eigenvalue weighted by Crippen LogP contribution is -2.39. The topological polar surface area (TPSA) is 59.0 Å². The van der Waals surface area contributed by atoms with Crippen LogP contribution in [0, 0.1) is 5.41 Å². The van der Waals surface area contributed by atoms with Crippen LogP contribution < -0.4 is 9.47 Å². The van der Waals surface area contributed by atoms with Crippen LogP contribution >= 0.6 is 23.2 Å². The Labute approximate surface area is 169 Å². The smallest absolute Gasteiger partial charge is 0.407 e. The van der Waals surface area contributed by atoms with E-state index in [-0.39, 0.29) is 18.6 Å². The highest BCUT2D eigenvalue weighted by atomic mass is 35.5. The van der Waals surface area contributed by atoms with Crippen molar-refractivity contribution in [2.75, 3.05) is 19.7 Å². The number of carbonyl (C=O) groups is 1. The number of halogens is 2. The predicted molar refractivity (Wildman–Crippen MR) is 108 cm³/mol. The second-order valence-corrected chi connectivity index (χ2v) is 8.11. The van der Waals surface area contributed by atoms with Gasteiger partial charge in [0.25, 0.3) is 0 Å². The first kappa shape index (κ1) is 21.2. The molecule has 0 aliphatic heterocycles. The fraction of sp³-hybridized carbons (Fsp3) is 0.350. The summed E-state index contributed by atoms with van der Waals surface area (Å²) in [6, 6.07) is 12.1. The predicted octanol–water partition coefficient (Wildman–Crippen LogP) is 6.19. The van der Waals surface area contributed by atoms with E-state index in [9.17, 15) is 9.90 Å². The molecule has 5 nitrogen and oxygen atoms in total. The molecule has 0 aliphatic carbocycles. The molecule has 0 atom stereocenters. The molecule has 0 aliphatic rings. The molecule has 0 fully saturated rings. The van der Waals surface area contributed by atoms with E-state index >= 15 is 0 Å². The van der Waals surface area contributed by atoms with Crippen LogP contribution in [0.5, 0.6) is 17.2 Å². The third-order valence-electron chi connectivity index (χ3n) is 3.49. The number of nitrogens with zero attached hydrogens (tertiary/aromatic N) is 1. The zero-order chi connectivity index (χ0) is 20.0. The van der Waals surface area contributed by atoms with Gasteiger partial charge in [0.2, 0.25) is 0 Å². The van der Waals surface area contributed by atoms with Crippen molar-refractivity contribution in [3.63, 3.8) is 0 Å². The molecule has 2 aromatic carbocycles. The molecule has 146 valence electrons. The van der Waals surface area contributed by atoms with Crippen molar-refractivity contribution in [1.29, 1.82) is 0 Å². The summed E-state index contributed by atoms with van der Waals surface area (Å²) in [5.74, 6) is 1.62. The van der Waals surface area contributed by atoms with Gasteiger partial charge in [0.15, 0.2) is 0 Å². The lowest BCUT2D eigenvalue weighted by atomic mass is 9.96. The quantitative estimate of drug-likeness (QED) is 0.589. The molecular weight excluding hydrogens is 389 g/mol. The fourth-order valence-corrected chi connectivity index (χ4v) is 2.81. The lowest BCUT2D eigenvalue weighted by molar-refractivity contribution is 0.116. The van der Waals surface area contributed by atoms with Crippen molar-refractivity contribution >= 4 is 29.3 Å². The van der Waals surface area contributed by atoms with E-state index in [2.05, 4.69) is 0 Å². The van der Waals surface area contributed by atoms with Crippen molar-refractivity contribution in [2.24, 2.45) is 5.41 Å². The summed E-state index contributed by atoms with van der Waals surface area (Å²) in [6.45, 7) is 6.84. The molecule has 0 saturated carbocycles. The minimum atomic E-state index is -0.968. The van der Waals surface area contributed by atoms with Crippen molar-refractivity contribution < 1.29 is 19.4 Å². The SMILES string of the molecule is CC(C)(C)CN(CCOc1ccc(Oc2cccc(Cl)c2)cc1Cl)C(=O)O. The third kappa shape index (κ3) is 7.19. The number of amides is 1. The molecule has 0 radical (unpaired) electrons. The Morgan fingerprint density at radius 1 is 1.11 bits per heavy atom. The van der Waals surface area contributed by atoms with Crippen molar-refractivity contribution in [3.8, 4) is 17.2 Å². The molecule has 0 heterocycles. The van der Waals surface area contributed by atoms with Gasteiger partial charge in [-0.25, -0.2) is 4.79 Å². The summed E-state index contributed by atoms with van der Waals surface area (Å²) < 4.78 is 11.4. The summed E-state index contributed by atoms with van der Waals surface area (Å²) in [4.78, 5) is 12.7. The van der Waals surface area contributed by atoms with Gasteiger partial charge >= 0.3 is 6.09 Å². The summed E-state index contributed by atoms with van der Waals surface area (Å²) in [6.07, 6.45) is -0.968. The summed E-state index contributed by atoms with van der Waals surface area (Å²) >= 11 is 12.2. The van der Waals surface area contributed by atoms with Crippen LogP contribution in [0.2, 0.25) is 10.0 Å². The molecule has 2 rings (SSSR count). The first-order valence-electron chi connectivity index (χ1n) is 8.48. The maximum Gasteiger partial charge on any atom is 0.407 e. The molecule has 2 aromatic rings. The van der Waals surface area contributed by atoms with E-state index in [4.69, 9.17) is 32.7 Å². The van der Waals surface area contributed by atoms with Gasteiger partial charge in [-0.15, -0.1) is 0 Å². The minimum Gasteiger partial charge on any atom is -0.490 e. The minimum absolute atomic E-state index is 0.130. The number of hydrogen-bond donors (Lipinski definition) is 1. The van der Waals surface area contributed by atoms with Crippen LogP contribution in [-0.4, -0.2) is 35.8 Å². The van der Waals surface area contributed by atoms with Gasteiger partial charge in [-0.05, 0) is 35.7 Å². The highest BCUT2D eigenvalue weighted by molar-refractivity contribution is 6.32. The standard InChI is InChI=1S/C20H23Cl2NO4/c1-20(2,3)13-23(19(24)25)9-10-26-18-8-7-16(12-17(18)22)27-15-6-4-5-14(21)11-15/h4-8,11-12H,9-10,13H2,1-3H3,(H,24,25). The second-order valence-electron chi connectivity index (χ2n) is 7.26. The first-order valence-corrected chi connectivity index (χ1v) is 9.23. The van der Waals surface area contributed by atoms with Crippen LogP contribution in [0.25, 0.3) is 0 Å². The van der Waals surface area contributed by atoms with Crippen LogP contribution in [0.4, 0.5) is 4.79 Å². The van der Waals surface area contributed by atoms with E-state index in [1.165, 1.54) is 4.90 Å². The van der Waals surface area contributed by atoms with E-state index in [1.807, 2.05) is 20.8 Å². The third-order valence-corrected chi connectivity index (χ3v) is 4.02. The maximum atomic E-state index is 11.3. The first-order chi connectivity index (χ1) is 12.6. The molecule has 0 unspecified atom stereocenters. The van der Waals surface area contributed by atoms with E-state index in [0.29, 0.717) is 33.8 Å². The normalized spacial score (nSPS) is 11.1. The molecule has 1 amide bonds. The van der Waals surface area contributed by atoms with E-state index < -0.39 is 6.09 Å². The highest BCUT2D eigenvalue weighted by Gasteiger charge is 2.20. The van der Waals surface area contributed by atoms with Crippen LogP contribution in [-0.2, 0) is 0 Å². The van der Waals surface area contributed by atoms with Crippen LogP contribution in [0.1, 0.15) is 20.8 Å². The number of ether oxygens (including phenoxy) is 2. The molecule has 0 spiro atoms. The number of hydrogen-bond acceptors (Lipinski definition) is 3. The van der Waals surface area contributed by atoms with Gasteiger partial charge in [0.1, 0.15) is 23.9 Å². The average molecular weight is 412 g/mol. The Bertz CT molecular complexity index is 790. The van der Waals surface area contributed by atoms with Crippen molar-refractivity contribution in [1.82, 2.24) is 4.90 Å². The zero-order valence-electron chi connectivity index (χ0n) is 15.5. The molecule has 27 heavy (non-hydrogen) atoms. The van der Waals surface area contributed by atoms with Crippen molar-refractivity contribution in [3.05, 3.63) is 52.5 Å². The number of benzene rings is 2. The summed E-state index contributed by atoms with van der Waals surface area (Å²) in [5.41, 5.74) is -0.130. The number of rotatable bonds is 7. The van der Waals surface area contributed by atoms with E-state index in [0.717, 1.165) is 0 Å². The lowest BCUT2D eigenvalue weighted by Gasteiger charge is -2.27. The Morgan fingerprint density at radius 2 is 1.81 bits per heavy atom. The van der Waals surface area contributed by atoms with Crippen molar-refractivity contribution in [2.45, 2.75) is 20.8 Å². The molecule has 0 bridgehead atoms. The molecule has 0 saturated heterocycles. The largest absolute Gasteiger partial charge is 0.490 e. The monoisotopic (exact) mass is 411 g/mol. The molecule has 1 N–H and O–H groups in total. The maximum absolute atomic E-state index is 11.3. The average Bonchev–Trinajstić information content (AvgIpc) is 2.54. The Balaban J connectivity index is 1.94.